The van der Waals surface area contributed by atoms with Crippen molar-refractivity contribution in [3.63, 3.8) is 0 Å². The third-order valence-corrected chi connectivity index (χ3v) is 4.01. The summed E-state index contributed by atoms with van der Waals surface area (Å²) >= 11 is 0. The van der Waals surface area contributed by atoms with Gasteiger partial charge in [0.15, 0.2) is 0 Å². The molecule has 1 amide bonds. The van der Waals surface area contributed by atoms with Gasteiger partial charge in [0.25, 0.3) is 10.0 Å². The SMILES string of the molecule is CC(=O)Nc1cccc(O)c1NS(=O)(=O)c1ccccc1. The van der Waals surface area contributed by atoms with Crippen LogP contribution in [0.5, 0.6) is 5.75 Å². The molecule has 0 unspecified atom stereocenters. The van der Waals surface area contributed by atoms with Gasteiger partial charge in [-0.1, -0.05) is 24.3 Å². The zero-order valence-corrected chi connectivity index (χ0v) is 12.0. The molecule has 0 aliphatic heterocycles. The Hall–Kier alpha value is -2.54. The van der Waals surface area contributed by atoms with E-state index < -0.39 is 10.0 Å². The van der Waals surface area contributed by atoms with Crippen LogP contribution >= 0.6 is 0 Å². The van der Waals surface area contributed by atoms with Crippen LogP contribution in [-0.2, 0) is 14.8 Å². The van der Waals surface area contributed by atoms with Gasteiger partial charge >= 0.3 is 0 Å². The highest BCUT2D eigenvalue weighted by Crippen LogP contribution is 2.33. The van der Waals surface area contributed by atoms with Gasteiger partial charge in [-0.2, -0.15) is 0 Å². The third-order valence-electron chi connectivity index (χ3n) is 2.64. The van der Waals surface area contributed by atoms with E-state index >= 15 is 0 Å². The number of nitrogens with one attached hydrogen (secondary N) is 2. The summed E-state index contributed by atoms with van der Waals surface area (Å²) in [6.45, 7) is 1.29. The number of amides is 1. The molecule has 7 heteroatoms. The van der Waals surface area contributed by atoms with Crippen LogP contribution < -0.4 is 10.0 Å². The van der Waals surface area contributed by atoms with Crippen molar-refractivity contribution >= 4 is 27.3 Å². The Morgan fingerprint density at radius 3 is 2.33 bits per heavy atom. The van der Waals surface area contributed by atoms with E-state index in [4.69, 9.17) is 0 Å². The molecule has 0 aliphatic rings. The van der Waals surface area contributed by atoms with Crippen molar-refractivity contribution in [3.05, 3.63) is 48.5 Å². The molecule has 0 heterocycles. The Labute approximate surface area is 122 Å². The van der Waals surface area contributed by atoms with E-state index in [1.54, 1.807) is 18.2 Å². The van der Waals surface area contributed by atoms with Gasteiger partial charge in [0, 0.05) is 6.92 Å². The molecule has 0 spiro atoms. The van der Waals surface area contributed by atoms with E-state index in [-0.39, 0.29) is 27.9 Å². The highest BCUT2D eigenvalue weighted by atomic mass is 32.2. The Morgan fingerprint density at radius 2 is 1.71 bits per heavy atom. The van der Waals surface area contributed by atoms with Crippen molar-refractivity contribution in [1.29, 1.82) is 0 Å². The first-order valence-electron chi connectivity index (χ1n) is 6.07. The number of phenols is 1. The fraction of sp³-hybridized carbons (Fsp3) is 0.0714. The van der Waals surface area contributed by atoms with Crippen molar-refractivity contribution in [2.24, 2.45) is 0 Å². The fourth-order valence-electron chi connectivity index (χ4n) is 1.73. The number of aromatic hydroxyl groups is 1. The lowest BCUT2D eigenvalue weighted by Gasteiger charge is -2.14. The number of para-hydroxylation sites is 1. The molecule has 0 bridgehead atoms. The molecule has 0 aromatic heterocycles. The molecule has 2 aromatic carbocycles. The number of carbonyl (C=O) groups is 1. The van der Waals surface area contributed by atoms with Crippen molar-refractivity contribution in [2.45, 2.75) is 11.8 Å². The zero-order valence-electron chi connectivity index (χ0n) is 11.2. The average molecular weight is 306 g/mol. The molecule has 110 valence electrons. The standard InChI is InChI=1S/C14H14N2O4S/c1-10(17)15-12-8-5-9-13(18)14(12)16-21(19,20)11-6-3-2-4-7-11/h2-9,16,18H,1H3,(H,15,17). The first kappa shape index (κ1) is 14.9. The predicted octanol–water partition coefficient (Wildman–Crippen LogP) is 2.15. The molecule has 21 heavy (non-hydrogen) atoms. The molecule has 0 saturated carbocycles. The maximum absolute atomic E-state index is 12.3. The first-order chi connectivity index (χ1) is 9.90. The molecule has 0 aliphatic carbocycles. The number of sulfonamides is 1. The largest absolute Gasteiger partial charge is 0.506 e. The summed E-state index contributed by atoms with van der Waals surface area (Å²) in [5, 5.41) is 12.3. The highest BCUT2D eigenvalue weighted by molar-refractivity contribution is 7.92. The molecule has 0 atom stereocenters. The van der Waals surface area contributed by atoms with Crippen molar-refractivity contribution < 1.29 is 18.3 Å². The number of hydrogen-bond acceptors (Lipinski definition) is 4. The second-order valence-corrected chi connectivity index (χ2v) is 5.98. The number of phenolic OH excluding ortho intramolecular Hbond substituents is 1. The molecule has 0 radical (unpaired) electrons. The minimum absolute atomic E-state index is 0.0574. The molecule has 0 fully saturated rings. The van der Waals surface area contributed by atoms with Gasteiger partial charge in [0.2, 0.25) is 5.91 Å². The van der Waals surface area contributed by atoms with Gasteiger partial charge in [0.1, 0.15) is 11.4 Å². The van der Waals surface area contributed by atoms with Gasteiger partial charge in [-0.05, 0) is 24.3 Å². The summed E-state index contributed by atoms with van der Waals surface area (Å²) in [6.07, 6.45) is 0. The Morgan fingerprint density at radius 1 is 1.05 bits per heavy atom. The monoisotopic (exact) mass is 306 g/mol. The molecule has 3 N–H and O–H groups in total. The minimum Gasteiger partial charge on any atom is -0.506 e. The fourth-order valence-corrected chi connectivity index (χ4v) is 2.85. The Balaban J connectivity index is 2.42. The topological polar surface area (TPSA) is 95.5 Å². The summed E-state index contributed by atoms with van der Waals surface area (Å²) in [4.78, 5) is 11.2. The maximum atomic E-state index is 12.3. The van der Waals surface area contributed by atoms with Gasteiger partial charge in [-0.25, -0.2) is 8.42 Å². The van der Waals surface area contributed by atoms with Gasteiger partial charge in [0.05, 0.1) is 10.6 Å². The van der Waals surface area contributed by atoms with Crippen LogP contribution in [0.4, 0.5) is 11.4 Å². The summed E-state index contributed by atoms with van der Waals surface area (Å²) < 4.78 is 26.8. The summed E-state index contributed by atoms with van der Waals surface area (Å²) in [7, 11) is -3.86. The normalized spacial score (nSPS) is 10.9. The Bertz CT molecular complexity index is 758. The van der Waals surface area contributed by atoms with Crippen molar-refractivity contribution in [3.8, 4) is 5.75 Å². The summed E-state index contributed by atoms with van der Waals surface area (Å²) in [5.41, 5.74) is 0.110. The van der Waals surface area contributed by atoms with E-state index in [1.165, 1.54) is 37.3 Å². The van der Waals surface area contributed by atoms with Crippen LogP contribution in [-0.4, -0.2) is 19.4 Å². The molecule has 2 rings (SSSR count). The van der Waals surface area contributed by atoms with Crippen LogP contribution in [0.1, 0.15) is 6.92 Å². The van der Waals surface area contributed by atoms with Crippen LogP contribution in [0.15, 0.2) is 53.4 Å². The zero-order chi connectivity index (χ0) is 15.5. The van der Waals surface area contributed by atoms with Crippen molar-refractivity contribution in [2.75, 3.05) is 10.0 Å². The number of benzene rings is 2. The number of rotatable bonds is 4. The predicted molar refractivity (Wildman–Crippen MR) is 79.7 cm³/mol. The van der Waals surface area contributed by atoms with Crippen LogP contribution in [0.2, 0.25) is 0 Å². The Kier molecular flexibility index (Phi) is 4.13. The lowest BCUT2D eigenvalue weighted by molar-refractivity contribution is -0.114. The van der Waals surface area contributed by atoms with Gasteiger partial charge in [-0.3, -0.25) is 9.52 Å². The second kappa shape index (κ2) is 5.84. The summed E-state index contributed by atoms with van der Waals surface area (Å²) in [5.74, 6) is -0.651. The smallest absolute Gasteiger partial charge is 0.262 e. The lowest BCUT2D eigenvalue weighted by atomic mass is 10.2. The first-order valence-corrected chi connectivity index (χ1v) is 7.56. The van der Waals surface area contributed by atoms with Crippen LogP contribution in [0, 0.1) is 0 Å². The highest BCUT2D eigenvalue weighted by Gasteiger charge is 2.18. The van der Waals surface area contributed by atoms with Crippen LogP contribution in [0.25, 0.3) is 0 Å². The van der Waals surface area contributed by atoms with E-state index in [9.17, 15) is 18.3 Å². The van der Waals surface area contributed by atoms with E-state index in [1.807, 2.05) is 0 Å². The molecular formula is C14H14N2O4S. The molecule has 6 nitrogen and oxygen atoms in total. The number of anilines is 2. The number of hydrogen-bond donors (Lipinski definition) is 3. The molecule has 0 saturated heterocycles. The molecule has 2 aromatic rings. The maximum Gasteiger partial charge on any atom is 0.262 e. The van der Waals surface area contributed by atoms with Gasteiger partial charge < -0.3 is 10.4 Å². The number of carbonyl (C=O) groups excluding carboxylic acids is 1. The molecular weight excluding hydrogens is 292 g/mol. The minimum atomic E-state index is -3.86. The van der Waals surface area contributed by atoms with E-state index in [2.05, 4.69) is 10.0 Å². The quantitative estimate of drug-likeness (QED) is 0.754. The van der Waals surface area contributed by atoms with E-state index in [0.29, 0.717) is 0 Å². The van der Waals surface area contributed by atoms with Gasteiger partial charge in [-0.15, -0.1) is 0 Å². The summed E-state index contributed by atoms with van der Waals surface area (Å²) in [6, 6.07) is 12.1. The van der Waals surface area contributed by atoms with Crippen molar-refractivity contribution in [1.82, 2.24) is 0 Å². The van der Waals surface area contributed by atoms with E-state index in [0.717, 1.165) is 0 Å². The average Bonchev–Trinajstić information content (AvgIpc) is 2.43. The van der Waals surface area contributed by atoms with Crippen LogP contribution in [0.3, 0.4) is 0 Å². The second-order valence-electron chi connectivity index (χ2n) is 4.30. The lowest BCUT2D eigenvalue weighted by Crippen LogP contribution is -2.15. The third kappa shape index (κ3) is 3.51.